The van der Waals surface area contributed by atoms with Gasteiger partial charge in [-0.2, -0.15) is 5.26 Å². The zero-order chi connectivity index (χ0) is 17.9. The van der Waals surface area contributed by atoms with Crippen LogP contribution in [0.2, 0.25) is 0 Å². The lowest BCUT2D eigenvalue weighted by molar-refractivity contribution is 0.108. The van der Waals surface area contributed by atoms with Gasteiger partial charge in [0, 0.05) is 19.8 Å². The lowest BCUT2D eigenvalue weighted by atomic mass is 10.2. The summed E-state index contributed by atoms with van der Waals surface area (Å²) in [7, 11) is 0. The van der Waals surface area contributed by atoms with Crippen LogP contribution in [0.1, 0.15) is 39.7 Å². The van der Waals surface area contributed by atoms with E-state index in [1.807, 2.05) is 13.8 Å². The third-order valence-electron chi connectivity index (χ3n) is 2.92. The van der Waals surface area contributed by atoms with Crippen LogP contribution < -0.4 is 15.4 Å². The first-order valence-corrected chi connectivity index (χ1v) is 8.25. The molecule has 24 heavy (non-hydrogen) atoms. The molecule has 0 aliphatic carbocycles. The molecule has 132 valence electrons. The molecule has 0 saturated carbocycles. The van der Waals surface area contributed by atoms with E-state index in [-0.39, 0.29) is 12.1 Å². The van der Waals surface area contributed by atoms with Crippen molar-refractivity contribution in [3.8, 4) is 11.8 Å². The fraction of sp³-hybridized carbons (Fsp3) is 0.556. The van der Waals surface area contributed by atoms with Gasteiger partial charge in [0.1, 0.15) is 5.75 Å². The van der Waals surface area contributed by atoms with Gasteiger partial charge < -0.3 is 20.1 Å². The number of anilines is 1. The molecule has 0 spiro atoms. The number of urea groups is 1. The molecule has 2 amide bonds. The third kappa shape index (κ3) is 7.84. The zero-order valence-electron chi connectivity index (χ0n) is 14.9. The van der Waals surface area contributed by atoms with Crippen molar-refractivity contribution in [1.82, 2.24) is 5.32 Å². The molecule has 0 bridgehead atoms. The first-order valence-electron chi connectivity index (χ1n) is 8.25. The number of nitriles is 1. The number of amides is 2. The van der Waals surface area contributed by atoms with Gasteiger partial charge in [-0.25, -0.2) is 4.79 Å². The highest BCUT2D eigenvalue weighted by atomic mass is 16.5. The Hall–Kier alpha value is -2.26. The number of carbonyl (C=O) groups is 1. The normalized spacial score (nSPS) is 10.5. The minimum atomic E-state index is -0.331. The first kappa shape index (κ1) is 19.8. The van der Waals surface area contributed by atoms with Crippen molar-refractivity contribution in [3.05, 3.63) is 23.8 Å². The monoisotopic (exact) mass is 333 g/mol. The second-order valence-corrected chi connectivity index (χ2v) is 6.19. The Labute approximate surface area is 144 Å². The molecule has 0 unspecified atom stereocenters. The molecule has 6 heteroatoms. The Balaban J connectivity index is 2.49. The second kappa shape index (κ2) is 10.5. The molecule has 0 fully saturated rings. The van der Waals surface area contributed by atoms with Crippen LogP contribution in [0, 0.1) is 17.2 Å². The predicted octanol–water partition coefficient (Wildman–Crippen LogP) is 3.53. The standard InChI is InChI=1S/C18H27N3O3/c1-13(2)12-23-9-5-8-20-18(22)21-16-10-15(11-19)6-7-17(16)24-14(3)4/h6-7,10,13-14H,5,8-9,12H2,1-4H3,(H2,20,21,22). The van der Waals surface area contributed by atoms with E-state index in [2.05, 4.69) is 30.6 Å². The van der Waals surface area contributed by atoms with Crippen LogP contribution >= 0.6 is 0 Å². The quantitative estimate of drug-likeness (QED) is 0.677. The highest BCUT2D eigenvalue weighted by molar-refractivity contribution is 5.91. The average molecular weight is 333 g/mol. The molecule has 6 nitrogen and oxygen atoms in total. The van der Waals surface area contributed by atoms with E-state index in [1.54, 1.807) is 18.2 Å². The summed E-state index contributed by atoms with van der Waals surface area (Å²) in [5, 5.41) is 14.5. The van der Waals surface area contributed by atoms with Crippen molar-refractivity contribution in [3.63, 3.8) is 0 Å². The summed E-state index contributed by atoms with van der Waals surface area (Å²) in [6, 6.07) is 6.67. The van der Waals surface area contributed by atoms with Gasteiger partial charge >= 0.3 is 6.03 Å². The molecule has 1 aromatic carbocycles. The Kier molecular flexibility index (Phi) is 8.66. The average Bonchev–Trinajstić information content (AvgIpc) is 2.51. The van der Waals surface area contributed by atoms with E-state index in [0.29, 0.717) is 36.1 Å². The van der Waals surface area contributed by atoms with Crippen LogP contribution in [-0.2, 0) is 4.74 Å². The lowest BCUT2D eigenvalue weighted by Gasteiger charge is -2.15. The SMILES string of the molecule is CC(C)COCCCNC(=O)Nc1cc(C#N)ccc1OC(C)C. The van der Waals surface area contributed by atoms with E-state index in [1.165, 1.54) is 0 Å². The molecule has 0 atom stereocenters. The maximum atomic E-state index is 12.0. The van der Waals surface area contributed by atoms with Crippen LogP contribution in [0.4, 0.5) is 10.5 Å². The molecule has 2 N–H and O–H groups in total. The van der Waals surface area contributed by atoms with Crippen molar-refractivity contribution < 1.29 is 14.3 Å². The topological polar surface area (TPSA) is 83.4 Å². The van der Waals surface area contributed by atoms with Crippen molar-refractivity contribution in [1.29, 1.82) is 5.26 Å². The number of nitrogens with one attached hydrogen (secondary N) is 2. The molecule has 0 aliphatic rings. The fourth-order valence-electron chi connectivity index (χ4n) is 1.92. The van der Waals surface area contributed by atoms with Gasteiger partial charge in [0.25, 0.3) is 0 Å². The van der Waals surface area contributed by atoms with E-state index in [9.17, 15) is 4.79 Å². The highest BCUT2D eigenvalue weighted by Crippen LogP contribution is 2.26. The molecule has 0 heterocycles. The number of rotatable bonds is 9. The van der Waals surface area contributed by atoms with E-state index >= 15 is 0 Å². The summed E-state index contributed by atoms with van der Waals surface area (Å²) in [6.45, 7) is 9.85. The number of ether oxygens (including phenoxy) is 2. The first-order chi connectivity index (χ1) is 11.4. The largest absolute Gasteiger partial charge is 0.489 e. The van der Waals surface area contributed by atoms with Gasteiger partial charge in [-0.1, -0.05) is 13.8 Å². The number of nitrogens with zero attached hydrogens (tertiary/aromatic N) is 1. The van der Waals surface area contributed by atoms with Crippen LogP contribution in [0.5, 0.6) is 5.75 Å². The summed E-state index contributed by atoms with van der Waals surface area (Å²) in [5.74, 6) is 1.05. The summed E-state index contributed by atoms with van der Waals surface area (Å²) in [6.07, 6.45) is 0.716. The summed E-state index contributed by atoms with van der Waals surface area (Å²) in [4.78, 5) is 12.0. The van der Waals surface area contributed by atoms with Gasteiger partial charge in [0.15, 0.2) is 0 Å². The fourth-order valence-corrected chi connectivity index (χ4v) is 1.92. The zero-order valence-corrected chi connectivity index (χ0v) is 14.9. The maximum absolute atomic E-state index is 12.0. The van der Waals surface area contributed by atoms with E-state index in [0.717, 1.165) is 13.0 Å². The molecule has 1 rings (SSSR count). The Morgan fingerprint density at radius 3 is 2.67 bits per heavy atom. The van der Waals surface area contributed by atoms with Crippen LogP contribution in [-0.4, -0.2) is 31.9 Å². The molecule has 1 aromatic rings. The Morgan fingerprint density at radius 2 is 2.04 bits per heavy atom. The van der Waals surface area contributed by atoms with Crippen molar-refractivity contribution >= 4 is 11.7 Å². The van der Waals surface area contributed by atoms with Crippen LogP contribution in [0.3, 0.4) is 0 Å². The number of carbonyl (C=O) groups excluding carboxylic acids is 1. The summed E-state index contributed by atoms with van der Waals surface area (Å²) in [5.41, 5.74) is 0.944. The van der Waals surface area contributed by atoms with E-state index in [4.69, 9.17) is 14.7 Å². The van der Waals surface area contributed by atoms with Crippen molar-refractivity contribution in [2.24, 2.45) is 5.92 Å². The third-order valence-corrected chi connectivity index (χ3v) is 2.92. The van der Waals surface area contributed by atoms with Crippen molar-refractivity contribution in [2.75, 3.05) is 25.1 Å². The Bertz CT molecular complexity index is 565. The maximum Gasteiger partial charge on any atom is 0.319 e. The summed E-state index contributed by atoms with van der Waals surface area (Å²) >= 11 is 0. The number of hydrogen-bond acceptors (Lipinski definition) is 4. The van der Waals surface area contributed by atoms with Crippen LogP contribution in [0.25, 0.3) is 0 Å². The van der Waals surface area contributed by atoms with Gasteiger partial charge in [-0.05, 0) is 44.4 Å². The number of hydrogen-bond donors (Lipinski definition) is 2. The van der Waals surface area contributed by atoms with Gasteiger partial charge in [0.2, 0.25) is 0 Å². The molecule has 0 aliphatic heterocycles. The predicted molar refractivity (Wildman–Crippen MR) is 94.2 cm³/mol. The minimum absolute atomic E-state index is 0.0281. The van der Waals surface area contributed by atoms with Gasteiger partial charge in [0.05, 0.1) is 23.4 Å². The smallest absolute Gasteiger partial charge is 0.319 e. The Morgan fingerprint density at radius 1 is 1.29 bits per heavy atom. The van der Waals surface area contributed by atoms with Gasteiger partial charge in [-0.3, -0.25) is 0 Å². The second-order valence-electron chi connectivity index (χ2n) is 6.19. The van der Waals surface area contributed by atoms with Crippen molar-refractivity contribution in [2.45, 2.75) is 40.2 Å². The number of benzene rings is 1. The highest BCUT2D eigenvalue weighted by Gasteiger charge is 2.10. The minimum Gasteiger partial charge on any atom is -0.489 e. The molecular formula is C18H27N3O3. The molecule has 0 saturated heterocycles. The van der Waals surface area contributed by atoms with E-state index < -0.39 is 0 Å². The molecule has 0 aromatic heterocycles. The molecule has 0 radical (unpaired) electrons. The van der Waals surface area contributed by atoms with Crippen LogP contribution in [0.15, 0.2) is 18.2 Å². The lowest BCUT2D eigenvalue weighted by Crippen LogP contribution is -2.30. The van der Waals surface area contributed by atoms with Gasteiger partial charge in [-0.15, -0.1) is 0 Å². The summed E-state index contributed by atoms with van der Waals surface area (Å²) < 4.78 is 11.1. The molecular weight excluding hydrogens is 306 g/mol.